The summed E-state index contributed by atoms with van der Waals surface area (Å²) in [7, 11) is 1.63. The molecule has 4 rings (SSSR count). The van der Waals surface area contributed by atoms with Crippen molar-refractivity contribution in [2.24, 2.45) is 0 Å². The minimum atomic E-state index is -0.113. The molecule has 0 radical (unpaired) electrons. The molecule has 5 nitrogen and oxygen atoms in total. The van der Waals surface area contributed by atoms with Crippen molar-refractivity contribution < 1.29 is 9.53 Å². The molecule has 0 aliphatic rings. The molecular formula is C23H21N3O2S2. The number of carbonyl (C=O) groups is 1. The molecule has 0 unspecified atom stereocenters. The van der Waals surface area contributed by atoms with Crippen LogP contribution < -0.4 is 10.1 Å². The highest BCUT2D eigenvalue weighted by Gasteiger charge is 2.17. The van der Waals surface area contributed by atoms with Crippen LogP contribution in [0.25, 0.3) is 10.2 Å². The summed E-state index contributed by atoms with van der Waals surface area (Å²) in [4.78, 5) is 24.9. The van der Waals surface area contributed by atoms with E-state index in [9.17, 15) is 4.79 Å². The van der Waals surface area contributed by atoms with Gasteiger partial charge < -0.3 is 10.1 Å². The standard InChI is InChI=1S/C23H21N3O2S2/c1-14-15(2)29-22-20(14)23(26-13-25-22)30-19-7-5-4-6-18(19)21(27)24-12-16-8-10-17(28-3)11-9-16/h4-11,13H,12H2,1-3H3,(H,24,27). The summed E-state index contributed by atoms with van der Waals surface area (Å²) in [5.74, 6) is 0.680. The van der Waals surface area contributed by atoms with Gasteiger partial charge in [-0.05, 0) is 49.2 Å². The predicted octanol–water partition coefficient (Wildman–Crippen LogP) is 5.40. The Kier molecular flexibility index (Phi) is 6.01. The molecule has 2 aromatic carbocycles. The Labute approximate surface area is 183 Å². The molecule has 0 spiro atoms. The zero-order valence-corrected chi connectivity index (χ0v) is 18.6. The number of hydrogen-bond acceptors (Lipinski definition) is 6. The Morgan fingerprint density at radius 1 is 1.10 bits per heavy atom. The van der Waals surface area contributed by atoms with Crippen LogP contribution in [-0.4, -0.2) is 23.0 Å². The number of nitrogens with one attached hydrogen (secondary N) is 1. The van der Waals surface area contributed by atoms with Gasteiger partial charge in [0.2, 0.25) is 0 Å². The first kappa shape index (κ1) is 20.4. The Morgan fingerprint density at radius 2 is 1.87 bits per heavy atom. The van der Waals surface area contributed by atoms with Gasteiger partial charge in [-0.2, -0.15) is 0 Å². The average molecular weight is 436 g/mol. The SMILES string of the molecule is COc1ccc(CNC(=O)c2ccccc2Sc2ncnc3sc(C)c(C)c23)cc1. The number of rotatable bonds is 6. The molecule has 2 heterocycles. The van der Waals surface area contributed by atoms with Crippen LogP contribution in [-0.2, 0) is 6.54 Å². The molecule has 0 fully saturated rings. The number of thiophene rings is 1. The summed E-state index contributed by atoms with van der Waals surface area (Å²) in [6.07, 6.45) is 1.59. The second-order valence-electron chi connectivity index (χ2n) is 6.77. The molecule has 30 heavy (non-hydrogen) atoms. The normalized spacial score (nSPS) is 10.9. The van der Waals surface area contributed by atoms with Crippen molar-refractivity contribution in [2.75, 3.05) is 7.11 Å². The molecule has 0 atom stereocenters. The first-order valence-corrected chi connectivity index (χ1v) is 11.1. The third-order valence-electron chi connectivity index (χ3n) is 4.88. The number of aryl methyl sites for hydroxylation is 2. The number of ether oxygens (including phenoxy) is 1. The van der Waals surface area contributed by atoms with Crippen LogP contribution in [0.2, 0.25) is 0 Å². The maximum absolute atomic E-state index is 12.9. The molecule has 0 saturated carbocycles. The molecule has 1 N–H and O–H groups in total. The maximum atomic E-state index is 12.9. The first-order valence-electron chi connectivity index (χ1n) is 9.45. The van der Waals surface area contributed by atoms with E-state index in [0.717, 1.165) is 31.5 Å². The number of carbonyl (C=O) groups excluding carboxylic acids is 1. The van der Waals surface area contributed by atoms with Crippen LogP contribution in [0.5, 0.6) is 5.75 Å². The largest absolute Gasteiger partial charge is 0.497 e. The summed E-state index contributed by atoms with van der Waals surface area (Å²) in [5, 5.41) is 4.95. The molecule has 2 aromatic heterocycles. The molecule has 0 bridgehead atoms. The van der Waals surface area contributed by atoms with Gasteiger partial charge in [0, 0.05) is 21.7 Å². The Balaban J connectivity index is 1.56. The van der Waals surface area contributed by atoms with Gasteiger partial charge >= 0.3 is 0 Å². The fraction of sp³-hybridized carbons (Fsp3) is 0.174. The lowest BCUT2D eigenvalue weighted by Gasteiger charge is -2.11. The lowest BCUT2D eigenvalue weighted by atomic mass is 10.2. The van der Waals surface area contributed by atoms with Gasteiger partial charge in [0.15, 0.2) is 0 Å². The Hall–Kier alpha value is -2.90. The van der Waals surface area contributed by atoms with Crippen LogP contribution in [0.4, 0.5) is 0 Å². The van der Waals surface area contributed by atoms with E-state index in [1.807, 2.05) is 48.5 Å². The van der Waals surface area contributed by atoms with Crippen molar-refractivity contribution in [1.29, 1.82) is 0 Å². The zero-order valence-electron chi connectivity index (χ0n) is 16.9. The van der Waals surface area contributed by atoms with Crippen molar-refractivity contribution in [3.63, 3.8) is 0 Å². The number of nitrogens with zero attached hydrogens (tertiary/aromatic N) is 2. The predicted molar refractivity (Wildman–Crippen MR) is 122 cm³/mol. The molecule has 1 amide bonds. The number of hydrogen-bond donors (Lipinski definition) is 1. The van der Waals surface area contributed by atoms with E-state index in [-0.39, 0.29) is 5.91 Å². The fourth-order valence-electron chi connectivity index (χ4n) is 3.10. The summed E-state index contributed by atoms with van der Waals surface area (Å²) in [6.45, 7) is 4.63. The van der Waals surface area contributed by atoms with Gasteiger partial charge in [-0.1, -0.05) is 36.0 Å². The smallest absolute Gasteiger partial charge is 0.252 e. The van der Waals surface area contributed by atoms with E-state index in [4.69, 9.17) is 4.74 Å². The molecule has 152 valence electrons. The topological polar surface area (TPSA) is 64.1 Å². The molecular weight excluding hydrogens is 414 g/mol. The lowest BCUT2D eigenvalue weighted by Crippen LogP contribution is -2.23. The van der Waals surface area contributed by atoms with Crippen molar-refractivity contribution in [3.8, 4) is 5.75 Å². The molecule has 0 saturated heterocycles. The van der Waals surface area contributed by atoms with E-state index < -0.39 is 0 Å². The monoisotopic (exact) mass is 435 g/mol. The fourth-order valence-corrected chi connectivity index (χ4v) is 5.23. The van der Waals surface area contributed by atoms with Crippen LogP contribution in [0, 0.1) is 13.8 Å². The highest BCUT2D eigenvalue weighted by atomic mass is 32.2. The van der Waals surface area contributed by atoms with Crippen LogP contribution in [0.3, 0.4) is 0 Å². The number of amides is 1. The quantitative estimate of drug-likeness (QED) is 0.411. The van der Waals surface area contributed by atoms with Crippen LogP contribution >= 0.6 is 23.1 Å². The molecule has 0 aliphatic carbocycles. The van der Waals surface area contributed by atoms with E-state index in [1.54, 1.807) is 24.8 Å². The zero-order chi connectivity index (χ0) is 21.1. The second kappa shape index (κ2) is 8.85. The minimum absolute atomic E-state index is 0.113. The Morgan fingerprint density at radius 3 is 2.63 bits per heavy atom. The van der Waals surface area contributed by atoms with E-state index >= 15 is 0 Å². The average Bonchev–Trinajstić information content (AvgIpc) is 3.07. The van der Waals surface area contributed by atoms with Crippen molar-refractivity contribution >= 4 is 39.2 Å². The lowest BCUT2D eigenvalue weighted by molar-refractivity contribution is 0.0948. The first-order chi connectivity index (χ1) is 14.6. The Bertz CT molecular complexity index is 1200. The van der Waals surface area contributed by atoms with Crippen LogP contribution in [0.15, 0.2) is 64.8 Å². The summed E-state index contributed by atoms with van der Waals surface area (Å²) >= 11 is 3.17. The minimum Gasteiger partial charge on any atom is -0.497 e. The van der Waals surface area contributed by atoms with E-state index in [1.165, 1.54) is 22.2 Å². The number of methoxy groups -OCH3 is 1. The molecule has 4 aromatic rings. The number of benzene rings is 2. The van der Waals surface area contributed by atoms with Crippen LogP contribution in [0.1, 0.15) is 26.4 Å². The number of aromatic nitrogens is 2. The third-order valence-corrected chi connectivity index (χ3v) is 7.08. The van der Waals surface area contributed by atoms with Crippen molar-refractivity contribution in [2.45, 2.75) is 30.3 Å². The van der Waals surface area contributed by atoms with E-state index in [2.05, 4.69) is 29.1 Å². The summed E-state index contributed by atoms with van der Waals surface area (Å²) in [5.41, 5.74) is 2.84. The van der Waals surface area contributed by atoms with Gasteiger partial charge in [-0.25, -0.2) is 9.97 Å². The summed E-state index contributed by atoms with van der Waals surface area (Å²) < 4.78 is 5.18. The van der Waals surface area contributed by atoms with Crippen molar-refractivity contribution in [1.82, 2.24) is 15.3 Å². The second-order valence-corrected chi connectivity index (χ2v) is 9.01. The third kappa shape index (κ3) is 4.17. The molecule has 0 aliphatic heterocycles. The highest BCUT2D eigenvalue weighted by Crippen LogP contribution is 2.38. The van der Waals surface area contributed by atoms with Crippen molar-refractivity contribution in [3.05, 3.63) is 76.4 Å². The van der Waals surface area contributed by atoms with Gasteiger partial charge in [-0.3, -0.25) is 4.79 Å². The highest BCUT2D eigenvalue weighted by molar-refractivity contribution is 7.99. The van der Waals surface area contributed by atoms with Gasteiger partial charge in [-0.15, -0.1) is 11.3 Å². The summed E-state index contributed by atoms with van der Waals surface area (Å²) in [6, 6.07) is 15.3. The molecule has 7 heteroatoms. The maximum Gasteiger partial charge on any atom is 0.252 e. The number of fused-ring (bicyclic) bond motifs is 1. The van der Waals surface area contributed by atoms with E-state index in [0.29, 0.717) is 12.1 Å². The van der Waals surface area contributed by atoms with Gasteiger partial charge in [0.1, 0.15) is 21.9 Å². The van der Waals surface area contributed by atoms with Gasteiger partial charge in [0.05, 0.1) is 12.7 Å². The van der Waals surface area contributed by atoms with Gasteiger partial charge in [0.25, 0.3) is 5.91 Å².